The van der Waals surface area contributed by atoms with Gasteiger partial charge in [0.1, 0.15) is 11.4 Å². The first-order chi connectivity index (χ1) is 16.0. The van der Waals surface area contributed by atoms with Gasteiger partial charge >= 0.3 is 12.4 Å². The molecule has 2 aromatic heterocycles. The number of alkyl halides is 6. The Balaban J connectivity index is 1.72. The topological polar surface area (TPSA) is 99.4 Å². The van der Waals surface area contributed by atoms with Gasteiger partial charge in [0.05, 0.1) is 11.8 Å². The van der Waals surface area contributed by atoms with Crippen LogP contribution in [-0.4, -0.2) is 56.1 Å². The van der Waals surface area contributed by atoms with Gasteiger partial charge in [-0.05, 0) is 37.8 Å². The Morgan fingerprint density at radius 2 is 1.85 bits per heavy atom. The second kappa shape index (κ2) is 9.16. The fraction of sp³-hybridized carbons (Fsp3) is 0.450. The first-order valence-corrected chi connectivity index (χ1v) is 10.3. The molecule has 0 aliphatic carbocycles. The number of anilines is 3. The van der Waals surface area contributed by atoms with Crippen molar-refractivity contribution in [2.75, 3.05) is 23.3 Å². The molecule has 0 amide bonds. The molecule has 2 N–H and O–H groups in total. The monoisotopic (exact) mass is 487 g/mol. The van der Waals surface area contributed by atoms with Crippen molar-refractivity contribution in [3.05, 3.63) is 41.6 Å². The normalized spacial score (nSPS) is 19.5. The summed E-state index contributed by atoms with van der Waals surface area (Å²) in [6, 6.07) is 2.03. The average molecular weight is 487 g/mol. The molecule has 0 saturated carbocycles. The summed E-state index contributed by atoms with van der Waals surface area (Å²) in [6.45, 7) is 0.671. The molecule has 1 fully saturated rings. The molecule has 0 aromatic carbocycles. The summed E-state index contributed by atoms with van der Waals surface area (Å²) in [7, 11) is 0. The highest BCUT2D eigenvalue weighted by atomic mass is 19.4. The van der Waals surface area contributed by atoms with E-state index in [9.17, 15) is 31.4 Å². The van der Waals surface area contributed by atoms with Crippen LogP contribution in [0, 0.1) is 0 Å². The highest BCUT2D eigenvalue weighted by molar-refractivity contribution is 5.99. The number of β-amino-alcohol motifs (C(OH)–C–C–N with tert-alkyl or cyclic N) is 1. The molecule has 1 atom stereocenters. The average Bonchev–Trinajstić information content (AvgIpc) is 2.78. The number of pyridine rings is 1. The smallest absolute Gasteiger partial charge is 0.391 e. The van der Waals surface area contributed by atoms with Gasteiger partial charge in [-0.1, -0.05) is 6.08 Å². The summed E-state index contributed by atoms with van der Waals surface area (Å²) < 4.78 is 78.6. The number of nitrogens with zero attached hydrogens (tertiary/aromatic N) is 6. The van der Waals surface area contributed by atoms with Gasteiger partial charge in [0, 0.05) is 25.0 Å². The number of piperidine rings is 1. The van der Waals surface area contributed by atoms with Gasteiger partial charge in [-0.15, -0.1) is 0 Å². The molecule has 2 aliphatic heterocycles. The Hall–Kier alpha value is -3.29. The van der Waals surface area contributed by atoms with Crippen LogP contribution < -0.4 is 10.2 Å². The molecule has 182 valence electrons. The molecular formula is C20H19F6N7O. The van der Waals surface area contributed by atoms with E-state index in [4.69, 9.17) is 0 Å². The Labute approximate surface area is 189 Å². The van der Waals surface area contributed by atoms with Crippen molar-refractivity contribution in [2.24, 2.45) is 4.99 Å². The van der Waals surface area contributed by atoms with Crippen molar-refractivity contribution in [1.29, 1.82) is 0 Å². The fourth-order valence-electron chi connectivity index (χ4n) is 3.55. The van der Waals surface area contributed by atoms with Crippen molar-refractivity contribution < 1.29 is 31.4 Å². The zero-order valence-electron chi connectivity index (χ0n) is 17.5. The van der Waals surface area contributed by atoms with E-state index in [0.29, 0.717) is 19.4 Å². The third-order valence-corrected chi connectivity index (χ3v) is 5.13. The van der Waals surface area contributed by atoms with Gasteiger partial charge in [-0.25, -0.2) is 4.99 Å². The Kier molecular flexibility index (Phi) is 6.43. The van der Waals surface area contributed by atoms with E-state index in [1.165, 1.54) is 6.07 Å². The molecule has 0 spiro atoms. The predicted molar refractivity (Wildman–Crippen MR) is 110 cm³/mol. The largest absolute Gasteiger partial charge is 0.433 e. The van der Waals surface area contributed by atoms with Gasteiger partial charge in [-0.3, -0.25) is 4.98 Å². The summed E-state index contributed by atoms with van der Waals surface area (Å²) in [6.07, 6.45) is -6.62. The van der Waals surface area contributed by atoms with Crippen LogP contribution in [0.3, 0.4) is 0 Å². The maximum atomic E-state index is 13.2. The quantitative estimate of drug-likeness (QED) is 0.629. The van der Waals surface area contributed by atoms with Crippen LogP contribution in [0.4, 0.5) is 43.9 Å². The Morgan fingerprint density at radius 3 is 2.56 bits per heavy atom. The lowest BCUT2D eigenvalue weighted by molar-refractivity contribution is -0.141. The highest BCUT2D eigenvalue weighted by Gasteiger charge is 2.36. The number of rotatable bonds is 4. The fourth-order valence-corrected chi connectivity index (χ4v) is 3.55. The summed E-state index contributed by atoms with van der Waals surface area (Å²) in [5.41, 5.74) is -2.25. The molecule has 2 aliphatic rings. The van der Waals surface area contributed by atoms with Crippen molar-refractivity contribution >= 4 is 23.3 Å². The molecule has 34 heavy (non-hydrogen) atoms. The van der Waals surface area contributed by atoms with Gasteiger partial charge in [0.15, 0.2) is 5.82 Å². The molecular weight excluding hydrogens is 468 g/mol. The standard InChI is InChI=1S/C20H19F6N7O/c21-19(22,23)14-5-1-4-13(29-14)16-30-17(28-11-6-7-27-15(9-11)20(24,25)26)32-18(31-16)33-8-2-3-12(34)10-33/h5-7,9,12,34H,1-4,8,10H2,(H,27,28,30,31,32). The lowest BCUT2D eigenvalue weighted by Gasteiger charge is -2.30. The van der Waals surface area contributed by atoms with Gasteiger partial charge in [0.2, 0.25) is 11.9 Å². The number of aliphatic imine (C=N–C) groups is 1. The van der Waals surface area contributed by atoms with Crippen molar-refractivity contribution in [3.63, 3.8) is 0 Å². The number of aliphatic hydroxyl groups excluding tert-OH is 1. The molecule has 1 unspecified atom stereocenters. The van der Waals surface area contributed by atoms with Gasteiger partial charge in [-0.2, -0.15) is 41.3 Å². The molecule has 4 heterocycles. The van der Waals surface area contributed by atoms with Gasteiger partial charge < -0.3 is 15.3 Å². The minimum absolute atomic E-state index is 0.0226. The van der Waals surface area contributed by atoms with Crippen LogP contribution in [0.1, 0.15) is 37.2 Å². The number of hydrogen-bond acceptors (Lipinski definition) is 8. The molecule has 0 bridgehead atoms. The second-order valence-corrected chi connectivity index (χ2v) is 7.76. The number of allylic oxidation sites excluding steroid dienone is 2. The number of aromatic nitrogens is 4. The van der Waals surface area contributed by atoms with Crippen molar-refractivity contribution in [2.45, 2.75) is 44.1 Å². The molecule has 4 rings (SSSR count). The van der Waals surface area contributed by atoms with E-state index in [1.54, 1.807) is 4.90 Å². The van der Waals surface area contributed by atoms with Gasteiger partial charge in [0.25, 0.3) is 0 Å². The molecule has 2 aromatic rings. The summed E-state index contributed by atoms with van der Waals surface area (Å²) in [4.78, 5) is 21.2. The zero-order chi connectivity index (χ0) is 24.5. The minimum atomic E-state index is -4.67. The zero-order valence-corrected chi connectivity index (χ0v) is 17.5. The first kappa shape index (κ1) is 23.9. The van der Waals surface area contributed by atoms with Crippen LogP contribution in [-0.2, 0) is 6.18 Å². The van der Waals surface area contributed by atoms with E-state index in [-0.39, 0.29) is 48.5 Å². The van der Waals surface area contributed by atoms with Crippen molar-refractivity contribution in [3.8, 4) is 0 Å². The summed E-state index contributed by atoms with van der Waals surface area (Å²) >= 11 is 0. The van der Waals surface area contributed by atoms with Crippen LogP contribution in [0.15, 0.2) is 35.1 Å². The first-order valence-electron chi connectivity index (χ1n) is 10.3. The lowest BCUT2D eigenvalue weighted by atomic mass is 10.1. The third-order valence-electron chi connectivity index (χ3n) is 5.13. The maximum absolute atomic E-state index is 13.2. The van der Waals surface area contributed by atoms with Crippen LogP contribution in [0.2, 0.25) is 0 Å². The molecule has 14 heteroatoms. The summed E-state index contributed by atoms with van der Waals surface area (Å²) in [5.74, 6) is -0.236. The van der Waals surface area contributed by atoms with Crippen LogP contribution in [0.25, 0.3) is 0 Å². The van der Waals surface area contributed by atoms with E-state index in [1.807, 2.05) is 0 Å². The van der Waals surface area contributed by atoms with Crippen LogP contribution >= 0.6 is 0 Å². The van der Waals surface area contributed by atoms with Crippen molar-refractivity contribution in [1.82, 2.24) is 19.9 Å². The molecule has 8 nitrogen and oxygen atoms in total. The number of aliphatic hydroxyl groups is 1. The van der Waals surface area contributed by atoms with E-state index in [2.05, 4.69) is 30.2 Å². The van der Waals surface area contributed by atoms with E-state index >= 15 is 0 Å². The highest BCUT2D eigenvalue weighted by Crippen LogP contribution is 2.32. The maximum Gasteiger partial charge on any atom is 0.433 e. The number of nitrogens with one attached hydrogen (secondary N) is 1. The third kappa shape index (κ3) is 5.61. The number of hydrogen-bond donors (Lipinski definition) is 2. The number of halogens is 6. The Bertz CT molecular complexity index is 1120. The molecule has 1 saturated heterocycles. The molecule has 0 radical (unpaired) electrons. The van der Waals surface area contributed by atoms with Crippen LogP contribution in [0.5, 0.6) is 0 Å². The second-order valence-electron chi connectivity index (χ2n) is 7.76. The predicted octanol–water partition coefficient (Wildman–Crippen LogP) is 4.02. The lowest BCUT2D eigenvalue weighted by Crippen LogP contribution is -2.39. The van der Waals surface area contributed by atoms with E-state index < -0.39 is 29.8 Å². The van der Waals surface area contributed by atoms with E-state index in [0.717, 1.165) is 18.3 Å². The Morgan fingerprint density at radius 1 is 1.06 bits per heavy atom. The minimum Gasteiger partial charge on any atom is -0.391 e. The SMILES string of the molecule is OC1CCCN(c2nc(Nc3ccnc(C(F)(F)F)c3)nc(C3=NC(C(F)(F)F)=CCC3)n2)C1. The summed E-state index contributed by atoms with van der Waals surface area (Å²) in [5, 5.41) is 12.6.